The molecular formula is C10H7BrINOS. The van der Waals surface area contributed by atoms with Crippen LogP contribution in [-0.2, 0) is 0 Å². The Morgan fingerprint density at radius 2 is 2.27 bits per heavy atom. The zero-order valence-corrected chi connectivity index (χ0v) is 12.4. The summed E-state index contributed by atoms with van der Waals surface area (Å²) in [4.78, 5) is 11.5. The predicted molar refractivity (Wildman–Crippen MR) is 76.7 cm³/mol. The molecule has 0 aliphatic carbocycles. The van der Waals surface area contributed by atoms with Crippen molar-refractivity contribution in [2.45, 2.75) is 6.92 Å². The number of hydrogen-bond acceptors (Lipinski definition) is 2. The summed E-state index contributed by atoms with van der Waals surface area (Å²) in [6.45, 7) is 1.60. The number of carbonyl (C=O) groups is 1. The lowest BCUT2D eigenvalue weighted by Crippen LogP contribution is -1.88. The molecule has 5 heteroatoms. The van der Waals surface area contributed by atoms with Crippen LogP contribution in [0.2, 0.25) is 0 Å². The first-order valence-electron chi connectivity index (χ1n) is 4.24. The number of hydrogen-bond donors (Lipinski definition) is 0. The minimum absolute atomic E-state index is 0.0994. The maximum absolute atomic E-state index is 11.5. The molecule has 0 saturated heterocycles. The van der Waals surface area contributed by atoms with Crippen LogP contribution in [0, 0.1) is 0 Å². The van der Waals surface area contributed by atoms with Crippen molar-refractivity contribution < 1.29 is 4.79 Å². The van der Waals surface area contributed by atoms with Gasteiger partial charge in [0.1, 0.15) is 0 Å². The molecule has 1 aromatic carbocycles. The Kier molecular flexibility index (Phi) is 3.42. The average Bonchev–Trinajstić information content (AvgIpc) is 2.55. The molecule has 2 aromatic rings. The lowest BCUT2D eigenvalue weighted by atomic mass is 10.1. The summed E-state index contributed by atoms with van der Waals surface area (Å²) in [6, 6.07) is 5.97. The van der Waals surface area contributed by atoms with Gasteiger partial charge in [0, 0.05) is 51.9 Å². The van der Waals surface area contributed by atoms with E-state index in [-0.39, 0.29) is 5.78 Å². The van der Waals surface area contributed by atoms with Gasteiger partial charge in [-0.25, -0.2) is 0 Å². The molecule has 0 aliphatic rings. The fourth-order valence-electron chi connectivity index (χ4n) is 1.51. The number of rotatable bonds is 2. The fourth-order valence-corrected chi connectivity index (χ4v) is 3.23. The molecule has 0 aliphatic heterocycles. The lowest BCUT2D eigenvalue weighted by molar-refractivity contribution is 0.101. The number of Topliss-reactive ketones (excluding diaryl/α,β-unsaturated/α-hetero) is 1. The van der Waals surface area contributed by atoms with E-state index in [1.807, 2.05) is 28.4 Å². The minimum Gasteiger partial charge on any atom is -0.294 e. The highest BCUT2D eigenvalue weighted by Gasteiger charge is 2.11. The van der Waals surface area contributed by atoms with Gasteiger partial charge in [0.25, 0.3) is 0 Å². The van der Waals surface area contributed by atoms with Crippen LogP contribution in [0.1, 0.15) is 17.3 Å². The molecule has 1 heterocycles. The Labute approximate surface area is 112 Å². The standard InChI is InChI=1S/C10H7BrINOS/c1-6(14)9-5-13(15-12)10-3-2-7(11)4-8(9)10/h2-5H,1H3. The van der Waals surface area contributed by atoms with Gasteiger partial charge in [-0.1, -0.05) is 15.9 Å². The summed E-state index contributed by atoms with van der Waals surface area (Å²) >= 11 is 5.62. The van der Waals surface area contributed by atoms with Crippen molar-refractivity contribution >= 4 is 62.9 Å². The number of benzene rings is 1. The summed E-state index contributed by atoms with van der Waals surface area (Å²) in [6.07, 6.45) is 1.89. The van der Waals surface area contributed by atoms with Gasteiger partial charge < -0.3 is 0 Å². The van der Waals surface area contributed by atoms with Crippen LogP contribution in [0.3, 0.4) is 0 Å². The third kappa shape index (κ3) is 2.09. The molecule has 1 aromatic heterocycles. The van der Waals surface area contributed by atoms with Crippen LogP contribution in [0.15, 0.2) is 28.9 Å². The first kappa shape index (κ1) is 11.5. The summed E-state index contributed by atoms with van der Waals surface area (Å²) in [5.74, 6) is 0.0994. The number of ketones is 1. The van der Waals surface area contributed by atoms with E-state index in [2.05, 4.69) is 37.1 Å². The van der Waals surface area contributed by atoms with Crippen LogP contribution in [0.25, 0.3) is 10.9 Å². The highest BCUT2D eigenvalue weighted by Crippen LogP contribution is 2.30. The topological polar surface area (TPSA) is 22.0 Å². The molecule has 0 unspecified atom stereocenters. The van der Waals surface area contributed by atoms with E-state index in [1.165, 1.54) is 0 Å². The number of carbonyl (C=O) groups excluding carboxylic acids is 1. The van der Waals surface area contributed by atoms with Crippen LogP contribution >= 0.6 is 46.3 Å². The summed E-state index contributed by atoms with van der Waals surface area (Å²) in [5, 5.41) is 1.00. The van der Waals surface area contributed by atoms with Gasteiger partial charge in [0.2, 0.25) is 0 Å². The van der Waals surface area contributed by atoms with Crippen molar-refractivity contribution in [3.05, 3.63) is 34.4 Å². The molecule has 78 valence electrons. The predicted octanol–water partition coefficient (Wildman–Crippen LogP) is 4.45. The van der Waals surface area contributed by atoms with Crippen molar-refractivity contribution in [1.82, 2.24) is 3.97 Å². The van der Waals surface area contributed by atoms with E-state index in [0.29, 0.717) is 0 Å². The molecule has 0 atom stereocenters. The molecule has 0 amide bonds. The van der Waals surface area contributed by atoms with E-state index in [4.69, 9.17) is 0 Å². The molecule has 0 N–H and O–H groups in total. The summed E-state index contributed by atoms with van der Waals surface area (Å²) < 4.78 is 2.99. The maximum Gasteiger partial charge on any atom is 0.161 e. The van der Waals surface area contributed by atoms with E-state index in [0.717, 1.165) is 20.9 Å². The van der Waals surface area contributed by atoms with Gasteiger partial charge in [0.05, 0.1) is 5.52 Å². The second-order valence-electron chi connectivity index (χ2n) is 3.16. The second kappa shape index (κ2) is 4.47. The third-order valence-electron chi connectivity index (χ3n) is 2.19. The van der Waals surface area contributed by atoms with Crippen molar-refractivity contribution in [3.8, 4) is 0 Å². The zero-order chi connectivity index (χ0) is 11.0. The van der Waals surface area contributed by atoms with Gasteiger partial charge in [0.15, 0.2) is 5.78 Å². The number of fused-ring (bicyclic) bond motifs is 1. The number of halogens is 2. The highest BCUT2D eigenvalue weighted by molar-refractivity contribution is 14.2. The Morgan fingerprint density at radius 3 is 2.87 bits per heavy atom. The number of nitrogens with zero attached hydrogens (tertiary/aromatic N) is 1. The molecule has 0 saturated carbocycles. The molecule has 2 rings (SSSR count). The Hall–Kier alpha value is -0.0100. The maximum atomic E-state index is 11.5. The minimum atomic E-state index is 0.0994. The van der Waals surface area contributed by atoms with Crippen LogP contribution in [0.4, 0.5) is 0 Å². The van der Waals surface area contributed by atoms with Crippen molar-refractivity contribution in [2.24, 2.45) is 0 Å². The number of aromatic nitrogens is 1. The SMILES string of the molecule is CC(=O)c1cn(SI)c2ccc(Br)cc12. The summed E-state index contributed by atoms with van der Waals surface area (Å²) in [5.41, 5.74) is 1.85. The largest absolute Gasteiger partial charge is 0.294 e. The van der Waals surface area contributed by atoms with Crippen LogP contribution in [0.5, 0.6) is 0 Å². The molecule has 0 fully saturated rings. The van der Waals surface area contributed by atoms with Gasteiger partial charge in [-0.3, -0.25) is 8.77 Å². The Morgan fingerprint density at radius 1 is 1.53 bits per heavy atom. The van der Waals surface area contributed by atoms with Gasteiger partial charge in [-0.05, 0) is 25.1 Å². The van der Waals surface area contributed by atoms with Gasteiger partial charge in [-0.15, -0.1) is 0 Å². The monoisotopic (exact) mass is 395 g/mol. The first-order chi connectivity index (χ1) is 7.13. The lowest BCUT2D eigenvalue weighted by Gasteiger charge is -1.97. The Balaban J connectivity index is 2.81. The van der Waals surface area contributed by atoms with E-state index >= 15 is 0 Å². The zero-order valence-electron chi connectivity index (χ0n) is 7.83. The molecule has 0 radical (unpaired) electrons. The van der Waals surface area contributed by atoms with E-state index in [1.54, 1.807) is 16.0 Å². The van der Waals surface area contributed by atoms with Crippen molar-refractivity contribution in [1.29, 1.82) is 0 Å². The fraction of sp³-hybridized carbons (Fsp3) is 0.100. The van der Waals surface area contributed by atoms with Crippen LogP contribution < -0.4 is 0 Å². The van der Waals surface area contributed by atoms with Gasteiger partial charge in [-0.2, -0.15) is 0 Å². The molecule has 15 heavy (non-hydrogen) atoms. The average molecular weight is 396 g/mol. The molecule has 0 spiro atoms. The van der Waals surface area contributed by atoms with Crippen molar-refractivity contribution in [3.63, 3.8) is 0 Å². The molecule has 2 nitrogen and oxygen atoms in total. The van der Waals surface area contributed by atoms with E-state index < -0.39 is 0 Å². The summed E-state index contributed by atoms with van der Waals surface area (Å²) in [7, 11) is 1.56. The normalized spacial score (nSPS) is 10.9. The Bertz CT molecular complexity index is 537. The quantitative estimate of drug-likeness (QED) is 0.553. The highest BCUT2D eigenvalue weighted by atomic mass is 127. The second-order valence-corrected chi connectivity index (χ2v) is 5.78. The van der Waals surface area contributed by atoms with Gasteiger partial charge >= 0.3 is 0 Å². The first-order valence-corrected chi connectivity index (χ1v) is 8.35. The van der Waals surface area contributed by atoms with Crippen LogP contribution in [-0.4, -0.2) is 9.76 Å². The smallest absolute Gasteiger partial charge is 0.161 e. The van der Waals surface area contributed by atoms with E-state index in [9.17, 15) is 4.79 Å². The third-order valence-corrected chi connectivity index (χ3v) is 4.40. The molecular weight excluding hydrogens is 389 g/mol. The molecule has 0 bridgehead atoms. The van der Waals surface area contributed by atoms with Crippen molar-refractivity contribution in [2.75, 3.05) is 0 Å².